The number of hydrogen-bond donors (Lipinski definition) is 0. The maximum atomic E-state index is 2.44. The van der Waals surface area contributed by atoms with Gasteiger partial charge in [0.15, 0.2) is 0 Å². The number of hydrogen-bond acceptors (Lipinski definition) is 1. The lowest BCUT2D eigenvalue weighted by Gasteiger charge is -2.28. The molecule has 304 valence electrons. The van der Waals surface area contributed by atoms with E-state index < -0.39 is 0 Å². The van der Waals surface area contributed by atoms with Crippen LogP contribution in [-0.2, 0) is 0 Å². The Hall–Kier alpha value is -8.52. The summed E-state index contributed by atoms with van der Waals surface area (Å²) in [5.41, 5.74) is 15.4. The summed E-state index contributed by atoms with van der Waals surface area (Å²) in [6.45, 7) is 0. The number of benzene rings is 12. The lowest BCUT2D eigenvalue weighted by molar-refractivity contribution is 1.30. The summed E-state index contributed by atoms with van der Waals surface area (Å²) >= 11 is 0. The molecule has 0 saturated heterocycles. The van der Waals surface area contributed by atoms with Crippen LogP contribution in [0.4, 0.5) is 17.1 Å². The van der Waals surface area contributed by atoms with Crippen molar-refractivity contribution in [1.82, 2.24) is 0 Å². The van der Waals surface area contributed by atoms with Gasteiger partial charge in [0.25, 0.3) is 0 Å². The molecular formula is C64H43N. The van der Waals surface area contributed by atoms with Gasteiger partial charge in [-0.3, -0.25) is 0 Å². The molecule has 12 aromatic rings. The number of rotatable bonds is 8. The van der Waals surface area contributed by atoms with Gasteiger partial charge in [0.1, 0.15) is 0 Å². The van der Waals surface area contributed by atoms with E-state index >= 15 is 0 Å². The monoisotopic (exact) mass is 825 g/mol. The Balaban J connectivity index is 1.06. The SMILES string of the molecule is c1ccc(-c2ccc(N(c3ccc(-c4cccc5ccccc45)cc3)c3cccc(-c4ccc5c(c4)c(-c4ccccc4)c(-c4ccccc4)c4ccccc45)c3)c3ccccc23)cc1. The van der Waals surface area contributed by atoms with Gasteiger partial charge < -0.3 is 4.90 Å². The molecule has 65 heavy (non-hydrogen) atoms. The Kier molecular flexibility index (Phi) is 9.58. The zero-order valence-electron chi connectivity index (χ0n) is 35.8. The van der Waals surface area contributed by atoms with Gasteiger partial charge in [-0.15, -0.1) is 0 Å². The van der Waals surface area contributed by atoms with Crippen molar-refractivity contribution in [3.8, 4) is 55.6 Å². The van der Waals surface area contributed by atoms with Crippen molar-refractivity contribution >= 4 is 60.2 Å². The van der Waals surface area contributed by atoms with E-state index in [-0.39, 0.29) is 0 Å². The van der Waals surface area contributed by atoms with E-state index in [2.05, 4.69) is 266 Å². The van der Waals surface area contributed by atoms with E-state index in [1.165, 1.54) is 93.2 Å². The van der Waals surface area contributed by atoms with Crippen LogP contribution in [0, 0.1) is 0 Å². The van der Waals surface area contributed by atoms with Crippen LogP contribution in [0.2, 0.25) is 0 Å². The van der Waals surface area contributed by atoms with Gasteiger partial charge >= 0.3 is 0 Å². The normalized spacial score (nSPS) is 11.4. The zero-order chi connectivity index (χ0) is 43.1. The summed E-state index contributed by atoms with van der Waals surface area (Å²) in [6.07, 6.45) is 0. The summed E-state index contributed by atoms with van der Waals surface area (Å²) in [7, 11) is 0. The molecule has 0 amide bonds. The zero-order valence-corrected chi connectivity index (χ0v) is 35.8. The van der Waals surface area contributed by atoms with E-state index in [9.17, 15) is 0 Å². The fraction of sp³-hybridized carbons (Fsp3) is 0. The van der Waals surface area contributed by atoms with Crippen LogP contribution in [0.3, 0.4) is 0 Å². The molecule has 1 heteroatoms. The van der Waals surface area contributed by atoms with Gasteiger partial charge in [-0.2, -0.15) is 0 Å². The van der Waals surface area contributed by atoms with Gasteiger partial charge in [0.05, 0.1) is 5.69 Å². The molecule has 0 aromatic heterocycles. The molecule has 0 saturated carbocycles. The second-order valence-corrected chi connectivity index (χ2v) is 16.8. The third kappa shape index (κ3) is 6.82. The van der Waals surface area contributed by atoms with Crippen molar-refractivity contribution in [3.63, 3.8) is 0 Å². The summed E-state index contributed by atoms with van der Waals surface area (Å²) in [4.78, 5) is 2.44. The van der Waals surface area contributed by atoms with E-state index in [1.807, 2.05) is 0 Å². The Morgan fingerprint density at radius 2 is 0.692 bits per heavy atom. The molecule has 0 unspecified atom stereocenters. The average Bonchev–Trinajstić information content (AvgIpc) is 3.39. The van der Waals surface area contributed by atoms with Crippen LogP contribution >= 0.6 is 0 Å². The minimum Gasteiger partial charge on any atom is -0.310 e. The maximum absolute atomic E-state index is 2.44. The largest absolute Gasteiger partial charge is 0.310 e. The first-order chi connectivity index (χ1) is 32.3. The molecule has 12 aromatic carbocycles. The van der Waals surface area contributed by atoms with Gasteiger partial charge in [0, 0.05) is 16.8 Å². The van der Waals surface area contributed by atoms with E-state index in [1.54, 1.807) is 0 Å². The van der Waals surface area contributed by atoms with Gasteiger partial charge in [-0.25, -0.2) is 0 Å². The highest BCUT2D eigenvalue weighted by Crippen LogP contribution is 2.47. The van der Waals surface area contributed by atoms with Crippen molar-refractivity contribution in [1.29, 1.82) is 0 Å². The molecule has 0 fully saturated rings. The van der Waals surface area contributed by atoms with Crippen molar-refractivity contribution < 1.29 is 0 Å². The molecule has 0 aliphatic rings. The van der Waals surface area contributed by atoms with Crippen LogP contribution in [0.15, 0.2) is 261 Å². The first-order valence-corrected chi connectivity index (χ1v) is 22.4. The topological polar surface area (TPSA) is 3.24 Å². The molecular weight excluding hydrogens is 783 g/mol. The molecule has 12 rings (SSSR count). The molecule has 1 nitrogen and oxygen atoms in total. The van der Waals surface area contributed by atoms with Gasteiger partial charge in [-0.1, -0.05) is 224 Å². The van der Waals surface area contributed by atoms with Crippen LogP contribution in [0.5, 0.6) is 0 Å². The fourth-order valence-corrected chi connectivity index (χ4v) is 10.0. The third-order valence-electron chi connectivity index (χ3n) is 13.0. The van der Waals surface area contributed by atoms with E-state index in [0.717, 1.165) is 22.6 Å². The molecule has 0 atom stereocenters. The van der Waals surface area contributed by atoms with Crippen LogP contribution < -0.4 is 4.90 Å². The van der Waals surface area contributed by atoms with Crippen molar-refractivity contribution in [2.24, 2.45) is 0 Å². The first-order valence-electron chi connectivity index (χ1n) is 22.4. The number of nitrogens with zero attached hydrogens (tertiary/aromatic N) is 1. The Bertz CT molecular complexity index is 3680. The molecule has 0 heterocycles. The van der Waals surface area contributed by atoms with Crippen molar-refractivity contribution in [2.45, 2.75) is 0 Å². The lowest BCUT2D eigenvalue weighted by atomic mass is 9.84. The average molecular weight is 826 g/mol. The highest BCUT2D eigenvalue weighted by Gasteiger charge is 2.21. The Morgan fingerprint density at radius 1 is 0.215 bits per heavy atom. The van der Waals surface area contributed by atoms with Crippen LogP contribution in [0.1, 0.15) is 0 Å². The van der Waals surface area contributed by atoms with Gasteiger partial charge in [-0.05, 0) is 130 Å². The molecule has 0 spiro atoms. The molecule has 0 aliphatic carbocycles. The Morgan fingerprint density at radius 3 is 1.42 bits per heavy atom. The maximum Gasteiger partial charge on any atom is 0.0540 e. The molecule has 0 bridgehead atoms. The fourth-order valence-electron chi connectivity index (χ4n) is 10.0. The molecule has 0 aliphatic heterocycles. The van der Waals surface area contributed by atoms with Crippen molar-refractivity contribution in [3.05, 3.63) is 261 Å². The van der Waals surface area contributed by atoms with Crippen molar-refractivity contribution in [2.75, 3.05) is 4.90 Å². The first kappa shape index (κ1) is 38.2. The summed E-state index contributed by atoms with van der Waals surface area (Å²) in [5.74, 6) is 0. The standard InChI is InChI=1S/C64H43N/c1-4-18-44(19-5-1)55-40-41-62(59-31-14-12-29-56(55)59)65(51-37-34-46(35-38-51)54-33-17-25-45-20-10-11-28-53(45)54)52-27-16-26-49(42-52)50-36-39-58-57-30-13-15-32-60(57)63(47-21-6-2-7-22-47)64(61(58)43-50)48-23-8-3-9-24-48/h1-43H. The highest BCUT2D eigenvalue weighted by atomic mass is 15.1. The number of anilines is 3. The summed E-state index contributed by atoms with van der Waals surface area (Å²) in [6, 6.07) is 95.3. The van der Waals surface area contributed by atoms with Crippen LogP contribution in [0.25, 0.3) is 98.7 Å². The van der Waals surface area contributed by atoms with E-state index in [4.69, 9.17) is 0 Å². The smallest absolute Gasteiger partial charge is 0.0540 e. The predicted molar refractivity (Wildman–Crippen MR) is 278 cm³/mol. The summed E-state index contributed by atoms with van der Waals surface area (Å²) < 4.78 is 0. The summed E-state index contributed by atoms with van der Waals surface area (Å²) in [5, 5.41) is 9.90. The van der Waals surface area contributed by atoms with Crippen LogP contribution in [-0.4, -0.2) is 0 Å². The number of fused-ring (bicyclic) bond motifs is 5. The molecule has 0 radical (unpaired) electrons. The quantitative estimate of drug-likeness (QED) is 0.138. The minimum atomic E-state index is 1.09. The minimum absolute atomic E-state index is 1.09. The lowest BCUT2D eigenvalue weighted by Crippen LogP contribution is -2.10. The van der Waals surface area contributed by atoms with E-state index in [0.29, 0.717) is 0 Å². The second kappa shape index (κ2) is 16.3. The third-order valence-corrected chi connectivity index (χ3v) is 13.0. The Labute approximate surface area is 379 Å². The van der Waals surface area contributed by atoms with Gasteiger partial charge in [0.2, 0.25) is 0 Å². The predicted octanol–water partition coefficient (Wildman–Crippen LogP) is 18.1. The highest BCUT2D eigenvalue weighted by molar-refractivity contribution is 6.22. The second-order valence-electron chi connectivity index (χ2n) is 16.8. The molecule has 0 N–H and O–H groups in total.